The minimum Gasteiger partial charge on any atom is -0.382 e. The molecule has 9 heteroatoms. The first-order chi connectivity index (χ1) is 13.4. The first kappa shape index (κ1) is 26.9. The van der Waals surface area contributed by atoms with Crippen LogP contribution in [0.4, 0.5) is 0 Å². The summed E-state index contributed by atoms with van der Waals surface area (Å²) in [5, 5.41) is 6.86. The van der Waals surface area contributed by atoms with E-state index in [1.54, 1.807) is 4.31 Å². The third-order valence-electron chi connectivity index (χ3n) is 6.16. The van der Waals surface area contributed by atoms with Gasteiger partial charge >= 0.3 is 0 Å². The van der Waals surface area contributed by atoms with Crippen molar-refractivity contribution in [2.24, 2.45) is 16.3 Å². The van der Waals surface area contributed by atoms with Crippen molar-refractivity contribution in [2.75, 3.05) is 52.2 Å². The Morgan fingerprint density at radius 3 is 2.38 bits per heavy atom. The Labute approximate surface area is 194 Å². The first-order valence-electron chi connectivity index (χ1n) is 10.9. The van der Waals surface area contributed by atoms with Crippen molar-refractivity contribution in [3.05, 3.63) is 0 Å². The Balaban J connectivity index is 0.00000420. The molecule has 0 aromatic rings. The van der Waals surface area contributed by atoms with Crippen LogP contribution in [0.3, 0.4) is 0 Å². The van der Waals surface area contributed by atoms with Gasteiger partial charge in [0.25, 0.3) is 0 Å². The zero-order valence-corrected chi connectivity index (χ0v) is 21.6. The van der Waals surface area contributed by atoms with Crippen molar-refractivity contribution in [1.29, 1.82) is 0 Å². The molecule has 1 saturated carbocycles. The lowest BCUT2D eigenvalue weighted by Crippen LogP contribution is -2.44. The average Bonchev–Trinajstić information content (AvgIpc) is 3.13. The van der Waals surface area contributed by atoms with Gasteiger partial charge in [0, 0.05) is 45.9 Å². The highest BCUT2D eigenvalue weighted by molar-refractivity contribution is 14.0. The van der Waals surface area contributed by atoms with Crippen molar-refractivity contribution in [3.8, 4) is 0 Å². The van der Waals surface area contributed by atoms with Crippen molar-refractivity contribution in [2.45, 2.75) is 58.8 Å². The smallest absolute Gasteiger partial charge is 0.211 e. The molecule has 1 aliphatic heterocycles. The van der Waals surface area contributed by atoms with E-state index in [1.165, 1.54) is 31.9 Å². The molecule has 1 heterocycles. The number of rotatable bonds is 10. The van der Waals surface area contributed by atoms with E-state index in [2.05, 4.69) is 17.6 Å². The fourth-order valence-corrected chi connectivity index (χ4v) is 5.19. The van der Waals surface area contributed by atoms with E-state index in [-0.39, 0.29) is 24.0 Å². The van der Waals surface area contributed by atoms with Crippen LogP contribution >= 0.6 is 24.0 Å². The molecule has 0 spiro atoms. The summed E-state index contributed by atoms with van der Waals surface area (Å²) in [6.45, 7) is 9.52. The third kappa shape index (κ3) is 9.26. The predicted molar refractivity (Wildman–Crippen MR) is 131 cm³/mol. The summed E-state index contributed by atoms with van der Waals surface area (Å²) in [6, 6.07) is 0. The molecule has 2 rings (SSSR count). The molecule has 1 aliphatic carbocycles. The molecule has 0 bridgehead atoms. The molecule has 0 unspecified atom stereocenters. The molecule has 2 fully saturated rings. The lowest BCUT2D eigenvalue weighted by Gasteiger charge is -2.31. The van der Waals surface area contributed by atoms with Crippen LogP contribution in [0.25, 0.3) is 0 Å². The topological polar surface area (TPSA) is 83.0 Å². The van der Waals surface area contributed by atoms with Gasteiger partial charge in [0.2, 0.25) is 10.0 Å². The van der Waals surface area contributed by atoms with E-state index in [4.69, 9.17) is 9.73 Å². The minimum atomic E-state index is -3.06. The van der Waals surface area contributed by atoms with E-state index in [0.717, 1.165) is 58.1 Å². The number of sulfonamides is 1. The standard InChI is InChI=1S/C20H40N4O3S.HI/c1-4-21-19(22-16-18-8-13-24(14-9-18)28(3,25)26)23-17-20(10-6-7-11-20)12-15-27-5-2;/h18H,4-17H2,1-3H3,(H2,21,22,23);1H. The summed E-state index contributed by atoms with van der Waals surface area (Å²) in [4.78, 5) is 4.92. The molecular weight excluding hydrogens is 503 g/mol. The molecule has 2 N–H and O–H groups in total. The van der Waals surface area contributed by atoms with E-state index in [9.17, 15) is 8.42 Å². The van der Waals surface area contributed by atoms with Crippen LogP contribution in [-0.4, -0.2) is 70.9 Å². The highest BCUT2D eigenvalue weighted by atomic mass is 127. The molecule has 29 heavy (non-hydrogen) atoms. The van der Waals surface area contributed by atoms with Crippen LogP contribution in [0.2, 0.25) is 0 Å². The number of guanidine groups is 1. The Morgan fingerprint density at radius 2 is 1.83 bits per heavy atom. The quantitative estimate of drug-likeness (QED) is 0.191. The van der Waals surface area contributed by atoms with Crippen molar-refractivity contribution >= 4 is 40.0 Å². The van der Waals surface area contributed by atoms with Gasteiger partial charge in [-0.05, 0) is 57.3 Å². The highest BCUT2D eigenvalue weighted by Crippen LogP contribution is 2.41. The molecule has 0 radical (unpaired) electrons. The first-order valence-corrected chi connectivity index (χ1v) is 12.8. The van der Waals surface area contributed by atoms with Crippen LogP contribution in [0, 0.1) is 11.3 Å². The summed E-state index contributed by atoms with van der Waals surface area (Å²) in [6.07, 6.45) is 9.27. The molecule has 0 aromatic carbocycles. The van der Waals surface area contributed by atoms with Gasteiger partial charge in [0.05, 0.1) is 6.26 Å². The Kier molecular flexibility index (Phi) is 12.4. The molecule has 1 saturated heterocycles. The number of hydrogen-bond acceptors (Lipinski definition) is 4. The second-order valence-electron chi connectivity index (χ2n) is 8.34. The molecule has 172 valence electrons. The molecule has 0 atom stereocenters. The van der Waals surface area contributed by atoms with Gasteiger partial charge in [-0.25, -0.2) is 12.7 Å². The number of nitrogens with zero attached hydrogens (tertiary/aromatic N) is 2. The average molecular weight is 545 g/mol. The van der Waals surface area contributed by atoms with Gasteiger partial charge in [-0.2, -0.15) is 0 Å². The Hall–Kier alpha value is -0.130. The highest BCUT2D eigenvalue weighted by Gasteiger charge is 2.33. The summed E-state index contributed by atoms with van der Waals surface area (Å²) >= 11 is 0. The summed E-state index contributed by atoms with van der Waals surface area (Å²) in [7, 11) is -3.06. The van der Waals surface area contributed by atoms with Crippen LogP contribution in [0.5, 0.6) is 0 Å². The van der Waals surface area contributed by atoms with Gasteiger partial charge in [-0.3, -0.25) is 4.99 Å². The van der Waals surface area contributed by atoms with Crippen molar-refractivity contribution in [1.82, 2.24) is 14.9 Å². The maximum absolute atomic E-state index is 11.7. The van der Waals surface area contributed by atoms with Crippen molar-refractivity contribution < 1.29 is 13.2 Å². The third-order valence-corrected chi connectivity index (χ3v) is 7.47. The normalized spacial score (nSPS) is 21.0. The predicted octanol–water partition coefficient (Wildman–Crippen LogP) is 2.82. The SMILES string of the molecule is CCNC(=NCC1(CCOCC)CCCC1)NCC1CCN(S(C)(=O)=O)CC1.I. The number of piperidine rings is 1. The van der Waals surface area contributed by atoms with Crippen molar-refractivity contribution in [3.63, 3.8) is 0 Å². The molecule has 2 aliphatic rings. The van der Waals surface area contributed by atoms with Crippen LogP contribution in [-0.2, 0) is 14.8 Å². The maximum atomic E-state index is 11.7. The molecular formula is C20H41IN4O3S. The van der Waals surface area contributed by atoms with Crippen LogP contribution in [0.15, 0.2) is 4.99 Å². The summed E-state index contributed by atoms with van der Waals surface area (Å²) < 4.78 is 30.5. The zero-order chi connectivity index (χ0) is 20.5. The lowest BCUT2D eigenvalue weighted by atomic mass is 9.83. The number of nitrogens with one attached hydrogen (secondary N) is 2. The number of aliphatic imine (C=N–C) groups is 1. The molecule has 0 amide bonds. The van der Waals surface area contributed by atoms with Crippen LogP contribution < -0.4 is 10.6 Å². The number of halogens is 1. The van der Waals surface area contributed by atoms with Gasteiger partial charge in [-0.1, -0.05) is 12.8 Å². The largest absolute Gasteiger partial charge is 0.382 e. The van der Waals surface area contributed by atoms with Gasteiger partial charge < -0.3 is 15.4 Å². The molecule has 7 nitrogen and oxygen atoms in total. The fourth-order valence-electron chi connectivity index (χ4n) is 4.32. The lowest BCUT2D eigenvalue weighted by molar-refractivity contribution is 0.107. The minimum absolute atomic E-state index is 0. The van der Waals surface area contributed by atoms with E-state index in [1.807, 2.05) is 6.92 Å². The van der Waals surface area contributed by atoms with Gasteiger partial charge in [0.1, 0.15) is 0 Å². The van der Waals surface area contributed by atoms with E-state index < -0.39 is 10.0 Å². The Bertz CT molecular complexity index is 587. The maximum Gasteiger partial charge on any atom is 0.211 e. The number of ether oxygens (including phenoxy) is 1. The van der Waals surface area contributed by atoms with E-state index in [0.29, 0.717) is 24.4 Å². The van der Waals surface area contributed by atoms with Gasteiger partial charge in [0.15, 0.2) is 5.96 Å². The summed E-state index contributed by atoms with van der Waals surface area (Å²) in [5.74, 6) is 1.37. The number of hydrogen-bond donors (Lipinski definition) is 2. The monoisotopic (exact) mass is 544 g/mol. The van der Waals surface area contributed by atoms with Gasteiger partial charge in [-0.15, -0.1) is 24.0 Å². The second kappa shape index (κ2) is 13.3. The second-order valence-corrected chi connectivity index (χ2v) is 10.3. The summed E-state index contributed by atoms with van der Waals surface area (Å²) in [5.41, 5.74) is 0.290. The van der Waals surface area contributed by atoms with E-state index >= 15 is 0 Å². The molecule has 0 aromatic heterocycles. The Morgan fingerprint density at radius 1 is 1.17 bits per heavy atom. The zero-order valence-electron chi connectivity index (χ0n) is 18.4. The fraction of sp³-hybridized carbons (Fsp3) is 0.950. The van der Waals surface area contributed by atoms with Crippen LogP contribution in [0.1, 0.15) is 58.8 Å².